The third-order valence-electron chi connectivity index (χ3n) is 2.85. The van der Waals surface area contributed by atoms with E-state index in [-0.39, 0.29) is 11.9 Å². The second-order valence-electron chi connectivity index (χ2n) is 4.89. The zero-order chi connectivity index (χ0) is 12.8. The molecule has 0 heterocycles. The third kappa shape index (κ3) is 5.17. The lowest BCUT2D eigenvalue weighted by Crippen LogP contribution is -2.20. The van der Waals surface area contributed by atoms with Gasteiger partial charge in [0.05, 0.1) is 4.47 Å². The van der Waals surface area contributed by atoms with Gasteiger partial charge in [-0.2, -0.15) is 0 Å². The quantitative estimate of drug-likeness (QED) is 0.753. The van der Waals surface area contributed by atoms with Crippen LogP contribution in [0.25, 0.3) is 0 Å². The number of hydrogen-bond donors (Lipinski definition) is 1. The summed E-state index contributed by atoms with van der Waals surface area (Å²) in [7, 11) is 0. The summed E-state index contributed by atoms with van der Waals surface area (Å²) in [5, 5.41) is 3.46. The van der Waals surface area contributed by atoms with Crippen molar-refractivity contribution < 1.29 is 4.39 Å². The molecule has 0 aromatic heterocycles. The Labute approximate surface area is 112 Å². The molecule has 1 rings (SSSR count). The van der Waals surface area contributed by atoms with Crippen LogP contribution >= 0.6 is 15.9 Å². The van der Waals surface area contributed by atoms with Crippen molar-refractivity contribution in [1.29, 1.82) is 0 Å². The molecule has 1 atom stereocenters. The highest BCUT2D eigenvalue weighted by molar-refractivity contribution is 9.10. The molecule has 3 heteroatoms. The first-order chi connectivity index (χ1) is 8.00. The number of hydrogen-bond acceptors (Lipinski definition) is 1. The van der Waals surface area contributed by atoms with Crippen LogP contribution in [0.4, 0.5) is 4.39 Å². The third-order valence-corrected chi connectivity index (χ3v) is 3.46. The molecule has 1 aromatic rings. The molecular weight excluding hydrogens is 281 g/mol. The molecule has 1 nitrogen and oxygen atoms in total. The van der Waals surface area contributed by atoms with Gasteiger partial charge in [-0.05, 0) is 65.9 Å². The smallest absolute Gasteiger partial charge is 0.137 e. The Morgan fingerprint density at radius 2 is 2.00 bits per heavy atom. The van der Waals surface area contributed by atoms with Crippen molar-refractivity contribution in [3.8, 4) is 0 Å². The molecule has 0 spiro atoms. The summed E-state index contributed by atoms with van der Waals surface area (Å²) in [5.41, 5.74) is 1.11. The summed E-state index contributed by atoms with van der Waals surface area (Å²) in [6.45, 7) is 7.59. The Bertz CT molecular complexity index is 352. The SMILES string of the molecule is CC(C)CCCNC(C)c1ccc(F)c(Br)c1. The second-order valence-corrected chi connectivity index (χ2v) is 5.74. The van der Waals surface area contributed by atoms with Gasteiger partial charge < -0.3 is 5.32 Å². The van der Waals surface area contributed by atoms with Crippen LogP contribution in [0.15, 0.2) is 22.7 Å². The molecule has 96 valence electrons. The van der Waals surface area contributed by atoms with Crippen LogP contribution in [0.3, 0.4) is 0 Å². The molecule has 0 radical (unpaired) electrons. The molecule has 0 bridgehead atoms. The Balaban J connectivity index is 2.41. The Kier molecular flexibility index (Phi) is 6.14. The molecule has 0 aliphatic heterocycles. The minimum absolute atomic E-state index is 0.208. The Hall–Kier alpha value is -0.410. The Morgan fingerprint density at radius 3 is 2.59 bits per heavy atom. The predicted octanol–water partition coefficient (Wildman–Crippen LogP) is 4.68. The molecule has 0 aliphatic rings. The van der Waals surface area contributed by atoms with Crippen LogP contribution in [0.2, 0.25) is 0 Å². The molecule has 0 aliphatic carbocycles. The maximum absolute atomic E-state index is 13.1. The molecule has 0 fully saturated rings. The maximum Gasteiger partial charge on any atom is 0.137 e. The second kappa shape index (κ2) is 7.12. The van der Waals surface area contributed by atoms with Crippen molar-refractivity contribution in [2.45, 2.75) is 39.7 Å². The fourth-order valence-electron chi connectivity index (χ4n) is 1.73. The highest BCUT2D eigenvalue weighted by Gasteiger charge is 2.07. The molecule has 0 saturated heterocycles. The molecule has 1 aromatic carbocycles. The Morgan fingerprint density at radius 1 is 1.29 bits per heavy atom. The van der Waals surface area contributed by atoms with Gasteiger partial charge in [-0.25, -0.2) is 4.39 Å². The fourth-order valence-corrected chi connectivity index (χ4v) is 2.12. The summed E-state index contributed by atoms with van der Waals surface area (Å²) < 4.78 is 13.6. The van der Waals surface area contributed by atoms with E-state index >= 15 is 0 Å². The lowest BCUT2D eigenvalue weighted by atomic mass is 10.1. The van der Waals surface area contributed by atoms with Gasteiger partial charge in [-0.1, -0.05) is 19.9 Å². The molecule has 0 saturated carbocycles. The number of benzene rings is 1. The van der Waals surface area contributed by atoms with Crippen molar-refractivity contribution in [2.24, 2.45) is 5.92 Å². The highest BCUT2D eigenvalue weighted by atomic mass is 79.9. The fraction of sp³-hybridized carbons (Fsp3) is 0.571. The van der Waals surface area contributed by atoms with Gasteiger partial charge in [-0.3, -0.25) is 0 Å². The molecule has 1 unspecified atom stereocenters. The van der Waals surface area contributed by atoms with E-state index in [9.17, 15) is 4.39 Å². The van der Waals surface area contributed by atoms with Crippen LogP contribution < -0.4 is 5.32 Å². The topological polar surface area (TPSA) is 12.0 Å². The van der Waals surface area contributed by atoms with Gasteiger partial charge in [0, 0.05) is 6.04 Å². The highest BCUT2D eigenvalue weighted by Crippen LogP contribution is 2.21. The van der Waals surface area contributed by atoms with Crippen LogP contribution in [-0.4, -0.2) is 6.54 Å². The van der Waals surface area contributed by atoms with Crippen molar-refractivity contribution in [3.05, 3.63) is 34.1 Å². The maximum atomic E-state index is 13.1. The lowest BCUT2D eigenvalue weighted by molar-refractivity contribution is 0.497. The van der Waals surface area contributed by atoms with Gasteiger partial charge in [0.25, 0.3) is 0 Å². The van der Waals surface area contributed by atoms with Crippen molar-refractivity contribution in [3.63, 3.8) is 0 Å². The summed E-state index contributed by atoms with van der Waals surface area (Å²) in [4.78, 5) is 0. The van der Waals surface area contributed by atoms with E-state index in [4.69, 9.17) is 0 Å². The van der Waals surface area contributed by atoms with E-state index in [0.29, 0.717) is 4.47 Å². The zero-order valence-electron chi connectivity index (χ0n) is 10.8. The van der Waals surface area contributed by atoms with Crippen LogP contribution in [0, 0.1) is 11.7 Å². The van der Waals surface area contributed by atoms with Crippen molar-refractivity contribution in [2.75, 3.05) is 6.54 Å². The molecule has 0 amide bonds. The molecule has 17 heavy (non-hydrogen) atoms. The summed E-state index contributed by atoms with van der Waals surface area (Å²) >= 11 is 3.21. The van der Waals surface area contributed by atoms with Crippen LogP contribution in [0.5, 0.6) is 0 Å². The summed E-state index contributed by atoms with van der Waals surface area (Å²) in [6.07, 6.45) is 2.43. The molecule has 1 N–H and O–H groups in total. The van der Waals surface area contributed by atoms with E-state index in [0.717, 1.165) is 18.0 Å². The average molecular weight is 302 g/mol. The largest absolute Gasteiger partial charge is 0.310 e. The summed E-state index contributed by atoms with van der Waals surface area (Å²) in [5.74, 6) is 0.549. The number of rotatable bonds is 6. The van der Waals surface area contributed by atoms with E-state index in [1.54, 1.807) is 0 Å². The lowest BCUT2D eigenvalue weighted by Gasteiger charge is -2.15. The van der Waals surface area contributed by atoms with Crippen LogP contribution in [-0.2, 0) is 0 Å². The van der Waals surface area contributed by atoms with Gasteiger partial charge in [0.15, 0.2) is 0 Å². The number of nitrogens with one attached hydrogen (secondary N) is 1. The zero-order valence-corrected chi connectivity index (χ0v) is 12.3. The minimum atomic E-state index is -0.208. The first-order valence-electron chi connectivity index (χ1n) is 6.19. The van der Waals surface area contributed by atoms with Gasteiger partial charge >= 0.3 is 0 Å². The van der Waals surface area contributed by atoms with E-state index in [2.05, 4.69) is 42.0 Å². The van der Waals surface area contributed by atoms with Gasteiger partial charge in [0.1, 0.15) is 5.82 Å². The number of halogens is 2. The average Bonchev–Trinajstić information content (AvgIpc) is 2.27. The minimum Gasteiger partial charge on any atom is -0.310 e. The molecular formula is C14H21BrFN. The van der Waals surface area contributed by atoms with Crippen LogP contribution in [0.1, 0.15) is 45.2 Å². The van der Waals surface area contributed by atoms with Gasteiger partial charge in [0.2, 0.25) is 0 Å². The first-order valence-corrected chi connectivity index (χ1v) is 6.98. The van der Waals surface area contributed by atoms with Gasteiger partial charge in [-0.15, -0.1) is 0 Å². The van der Waals surface area contributed by atoms with E-state index in [1.165, 1.54) is 18.9 Å². The first kappa shape index (κ1) is 14.7. The normalized spacial score (nSPS) is 13.1. The van der Waals surface area contributed by atoms with E-state index in [1.807, 2.05) is 12.1 Å². The predicted molar refractivity (Wildman–Crippen MR) is 74.6 cm³/mol. The summed E-state index contributed by atoms with van der Waals surface area (Å²) in [6, 6.07) is 5.44. The van der Waals surface area contributed by atoms with Crippen molar-refractivity contribution >= 4 is 15.9 Å². The van der Waals surface area contributed by atoms with Crippen molar-refractivity contribution in [1.82, 2.24) is 5.32 Å². The van der Waals surface area contributed by atoms with E-state index < -0.39 is 0 Å². The standard InChI is InChI=1S/C14H21BrFN/c1-10(2)5-4-8-17-11(3)12-6-7-14(16)13(15)9-12/h6-7,9-11,17H,4-5,8H2,1-3H3. The monoisotopic (exact) mass is 301 g/mol.